The van der Waals surface area contributed by atoms with Crippen LogP contribution in [0.5, 0.6) is 0 Å². The quantitative estimate of drug-likeness (QED) is 0.709. The zero-order valence-corrected chi connectivity index (χ0v) is 8.41. The summed E-state index contributed by atoms with van der Waals surface area (Å²) in [6.45, 7) is -0.270. The van der Waals surface area contributed by atoms with Crippen LogP contribution >= 0.6 is 0 Å². The molecule has 1 fully saturated rings. The number of nitrogens with two attached hydrogens (primary N) is 1. The summed E-state index contributed by atoms with van der Waals surface area (Å²) in [5.41, 5.74) is 4.65. The standard InChI is InChI=1S/C9H12FN3O3/c10-6-3-5(4-14)16-8(6)13-2-1-7(11)12-9(13)15/h1-2,5-6,8,14H,3-4H2,(H2,11,12,15)/t5-,6+,8?/m0/s1. The molecule has 7 heteroatoms. The molecule has 0 spiro atoms. The summed E-state index contributed by atoms with van der Waals surface area (Å²) in [4.78, 5) is 14.9. The highest BCUT2D eigenvalue weighted by molar-refractivity contribution is 5.23. The summed E-state index contributed by atoms with van der Waals surface area (Å²) in [6.07, 6.45) is -1.54. The smallest absolute Gasteiger partial charge is 0.351 e. The van der Waals surface area contributed by atoms with Gasteiger partial charge < -0.3 is 15.6 Å². The lowest BCUT2D eigenvalue weighted by atomic mass is 10.2. The van der Waals surface area contributed by atoms with E-state index < -0.39 is 24.2 Å². The van der Waals surface area contributed by atoms with E-state index in [-0.39, 0.29) is 18.8 Å². The van der Waals surface area contributed by atoms with Gasteiger partial charge in [-0.1, -0.05) is 0 Å². The van der Waals surface area contributed by atoms with Gasteiger partial charge in [-0.25, -0.2) is 9.18 Å². The molecule has 1 unspecified atom stereocenters. The van der Waals surface area contributed by atoms with Gasteiger partial charge in [0, 0.05) is 12.6 Å². The van der Waals surface area contributed by atoms with Gasteiger partial charge in [0.05, 0.1) is 12.7 Å². The highest BCUT2D eigenvalue weighted by atomic mass is 19.1. The topological polar surface area (TPSA) is 90.4 Å². The van der Waals surface area contributed by atoms with Crippen LogP contribution in [-0.4, -0.2) is 33.5 Å². The van der Waals surface area contributed by atoms with Gasteiger partial charge in [0.2, 0.25) is 0 Å². The molecule has 1 saturated heterocycles. The maximum Gasteiger partial charge on any atom is 0.351 e. The Balaban J connectivity index is 2.28. The molecule has 3 atom stereocenters. The first-order chi connectivity index (χ1) is 7.61. The summed E-state index contributed by atoms with van der Waals surface area (Å²) >= 11 is 0. The number of nitrogens with zero attached hydrogens (tertiary/aromatic N) is 2. The normalized spacial score (nSPS) is 29.5. The molecular formula is C9H12FN3O3. The molecule has 2 rings (SSSR count). The Morgan fingerprint density at radius 2 is 2.50 bits per heavy atom. The molecule has 6 nitrogen and oxygen atoms in total. The van der Waals surface area contributed by atoms with Crippen LogP contribution in [0.1, 0.15) is 12.6 Å². The Kier molecular flexibility index (Phi) is 2.88. The van der Waals surface area contributed by atoms with E-state index in [1.165, 1.54) is 12.3 Å². The molecule has 0 aromatic carbocycles. The Morgan fingerprint density at radius 3 is 3.06 bits per heavy atom. The first-order valence-corrected chi connectivity index (χ1v) is 4.87. The second-order valence-corrected chi connectivity index (χ2v) is 3.63. The van der Waals surface area contributed by atoms with E-state index in [0.717, 1.165) is 4.57 Å². The number of alkyl halides is 1. The number of hydrogen-bond acceptors (Lipinski definition) is 5. The van der Waals surface area contributed by atoms with Crippen LogP contribution in [0, 0.1) is 0 Å². The van der Waals surface area contributed by atoms with Gasteiger partial charge in [-0.3, -0.25) is 4.57 Å². The van der Waals surface area contributed by atoms with Gasteiger partial charge >= 0.3 is 5.69 Å². The minimum absolute atomic E-state index is 0.0674. The Morgan fingerprint density at radius 1 is 1.75 bits per heavy atom. The monoisotopic (exact) mass is 229 g/mol. The first-order valence-electron chi connectivity index (χ1n) is 4.87. The van der Waals surface area contributed by atoms with E-state index in [4.69, 9.17) is 15.6 Å². The van der Waals surface area contributed by atoms with Gasteiger partial charge in [-0.15, -0.1) is 0 Å². The number of nitrogen functional groups attached to an aromatic ring is 1. The van der Waals surface area contributed by atoms with Crippen molar-refractivity contribution < 1.29 is 14.2 Å². The van der Waals surface area contributed by atoms with E-state index in [0.29, 0.717) is 0 Å². The van der Waals surface area contributed by atoms with Gasteiger partial charge in [0.25, 0.3) is 0 Å². The SMILES string of the molecule is Nc1ccn(C2O[C@H](CO)C[C@H]2F)c(=O)n1. The van der Waals surface area contributed by atoms with Crippen LogP contribution in [0.2, 0.25) is 0 Å². The minimum atomic E-state index is -1.33. The van der Waals surface area contributed by atoms with Crippen molar-refractivity contribution in [3.63, 3.8) is 0 Å². The zero-order chi connectivity index (χ0) is 11.7. The number of aromatic nitrogens is 2. The third kappa shape index (κ3) is 1.91. The summed E-state index contributed by atoms with van der Waals surface area (Å²) in [6, 6.07) is 1.39. The molecule has 1 aromatic heterocycles. The van der Waals surface area contributed by atoms with E-state index in [1.807, 2.05) is 0 Å². The summed E-state index contributed by atoms with van der Waals surface area (Å²) in [5.74, 6) is 0.0772. The maximum atomic E-state index is 13.5. The van der Waals surface area contributed by atoms with Crippen molar-refractivity contribution in [1.82, 2.24) is 9.55 Å². The molecule has 3 N–H and O–H groups in total. The number of aliphatic hydroxyl groups is 1. The lowest BCUT2D eigenvalue weighted by Gasteiger charge is -2.15. The third-order valence-corrected chi connectivity index (χ3v) is 2.46. The van der Waals surface area contributed by atoms with Crippen LogP contribution in [0.15, 0.2) is 17.1 Å². The van der Waals surface area contributed by atoms with E-state index in [1.54, 1.807) is 0 Å². The van der Waals surface area contributed by atoms with Crippen LogP contribution in [-0.2, 0) is 4.74 Å². The number of rotatable bonds is 2. The molecule has 1 aromatic rings. The molecule has 1 aliphatic heterocycles. The van der Waals surface area contributed by atoms with E-state index >= 15 is 0 Å². The van der Waals surface area contributed by atoms with E-state index in [9.17, 15) is 9.18 Å². The Hall–Kier alpha value is -1.47. The predicted octanol–water partition coefficient (Wildman–Crippen LogP) is -0.557. The van der Waals surface area contributed by atoms with Gasteiger partial charge in [0.1, 0.15) is 12.0 Å². The number of ether oxygens (including phenoxy) is 1. The fraction of sp³-hybridized carbons (Fsp3) is 0.556. The molecule has 1 aliphatic rings. The number of anilines is 1. The second-order valence-electron chi connectivity index (χ2n) is 3.63. The van der Waals surface area contributed by atoms with Crippen LogP contribution in [0.4, 0.5) is 10.2 Å². The van der Waals surface area contributed by atoms with Crippen molar-refractivity contribution in [3.8, 4) is 0 Å². The van der Waals surface area contributed by atoms with Crippen molar-refractivity contribution in [1.29, 1.82) is 0 Å². The highest BCUT2D eigenvalue weighted by Crippen LogP contribution is 2.29. The fourth-order valence-electron chi connectivity index (χ4n) is 1.68. The Labute approximate surface area is 90.5 Å². The van der Waals surface area contributed by atoms with Crippen molar-refractivity contribution in [3.05, 3.63) is 22.7 Å². The number of halogens is 1. The molecule has 16 heavy (non-hydrogen) atoms. The summed E-state index contributed by atoms with van der Waals surface area (Å²) in [7, 11) is 0. The first kappa shape index (κ1) is 11.0. The van der Waals surface area contributed by atoms with Crippen LogP contribution in [0.3, 0.4) is 0 Å². The molecule has 88 valence electrons. The number of hydrogen-bond donors (Lipinski definition) is 2. The second kappa shape index (κ2) is 4.18. The molecule has 0 saturated carbocycles. The highest BCUT2D eigenvalue weighted by Gasteiger charge is 2.36. The Bertz CT molecular complexity index is 436. The maximum absolute atomic E-state index is 13.5. The average molecular weight is 229 g/mol. The van der Waals surface area contributed by atoms with Crippen LogP contribution in [0.25, 0.3) is 0 Å². The minimum Gasteiger partial charge on any atom is -0.394 e. The van der Waals surface area contributed by atoms with Crippen molar-refractivity contribution in [2.75, 3.05) is 12.3 Å². The summed E-state index contributed by atoms with van der Waals surface area (Å²) in [5, 5.41) is 8.85. The van der Waals surface area contributed by atoms with E-state index in [2.05, 4.69) is 4.98 Å². The fourth-order valence-corrected chi connectivity index (χ4v) is 1.68. The van der Waals surface area contributed by atoms with Gasteiger partial charge in [-0.05, 0) is 6.07 Å². The molecule has 2 heterocycles. The largest absolute Gasteiger partial charge is 0.394 e. The molecule has 0 aliphatic carbocycles. The van der Waals surface area contributed by atoms with Crippen LogP contribution < -0.4 is 11.4 Å². The summed E-state index contributed by atoms with van der Waals surface area (Å²) < 4.78 is 19.8. The molecule has 0 bridgehead atoms. The predicted molar refractivity (Wildman–Crippen MR) is 53.4 cm³/mol. The van der Waals surface area contributed by atoms with Gasteiger partial charge in [0.15, 0.2) is 6.23 Å². The number of aliphatic hydroxyl groups excluding tert-OH is 1. The van der Waals surface area contributed by atoms with Crippen molar-refractivity contribution >= 4 is 5.82 Å². The van der Waals surface area contributed by atoms with Crippen molar-refractivity contribution in [2.24, 2.45) is 0 Å². The third-order valence-electron chi connectivity index (χ3n) is 2.46. The van der Waals surface area contributed by atoms with Crippen molar-refractivity contribution in [2.45, 2.75) is 24.9 Å². The zero-order valence-electron chi connectivity index (χ0n) is 8.41. The molecule has 0 radical (unpaired) electrons. The van der Waals surface area contributed by atoms with Gasteiger partial charge in [-0.2, -0.15) is 4.98 Å². The molecular weight excluding hydrogens is 217 g/mol. The average Bonchev–Trinajstić information content (AvgIpc) is 2.60. The lowest BCUT2D eigenvalue weighted by Crippen LogP contribution is -2.30. The molecule has 0 amide bonds. The lowest BCUT2D eigenvalue weighted by molar-refractivity contribution is -0.0393.